The van der Waals surface area contributed by atoms with Gasteiger partial charge >= 0.3 is 0 Å². The molecule has 2 rings (SSSR count). The molecule has 0 radical (unpaired) electrons. The summed E-state index contributed by atoms with van der Waals surface area (Å²) >= 11 is 0. The Balaban J connectivity index is 1.82. The Morgan fingerprint density at radius 3 is 2.55 bits per heavy atom. The van der Waals surface area contributed by atoms with Gasteiger partial charge in [0.2, 0.25) is 0 Å². The molecule has 1 aliphatic rings. The molecule has 0 aliphatic carbocycles. The van der Waals surface area contributed by atoms with Crippen LogP contribution in [0.5, 0.6) is 0 Å². The predicted octanol–water partition coefficient (Wildman–Crippen LogP) is 3.16. The second-order valence-electron chi connectivity index (χ2n) is 6.83. The molecule has 4 nitrogen and oxygen atoms in total. The molecule has 0 saturated carbocycles. The van der Waals surface area contributed by atoms with Crippen LogP contribution in [-0.2, 0) is 6.42 Å². The van der Waals surface area contributed by atoms with E-state index in [9.17, 15) is 0 Å². The van der Waals surface area contributed by atoms with Gasteiger partial charge in [0.05, 0.1) is 11.7 Å². The van der Waals surface area contributed by atoms with Crippen molar-refractivity contribution in [3.63, 3.8) is 0 Å². The van der Waals surface area contributed by atoms with E-state index in [1.807, 2.05) is 0 Å². The molecule has 2 heterocycles. The number of hydrogen-bond acceptors (Lipinski definition) is 3. The molecule has 114 valence electrons. The SMILES string of the molecule is CCC(C)CN1CCC(n2cc(CC(C)C)nn2)CC1. The molecule has 0 aromatic carbocycles. The van der Waals surface area contributed by atoms with E-state index in [0.717, 1.165) is 18.0 Å². The minimum atomic E-state index is 0.552. The summed E-state index contributed by atoms with van der Waals surface area (Å²) in [5.74, 6) is 1.47. The first-order valence-electron chi connectivity index (χ1n) is 8.21. The van der Waals surface area contributed by atoms with Gasteiger partial charge in [0.1, 0.15) is 0 Å². The highest BCUT2D eigenvalue weighted by Crippen LogP contribution is 2.23. The van der Waals surface area contributed by atoms with Gasteiger partial charge in [-0.05, 0) is 31.1 Å². The van der Waals surface area contributed by atoms with Crippen LogP contribution in [0, 0.1) is 11.8 Å². The molecular weight excluding hydrogens is 248 g/mol. The van der Waals surface area contributed by atoms with Crippen molar-refractivity contribution in [2.75, 3.05) is 19.6 Å². The fourth-order valence-corrected chi connectivity index (χ4v) is 2.94. The molecule has 0 bridgehead atoms. The first-order chi connectivity index (χ1) is 9.58. The molecule has 0 spiro atoms. The Bertz CT molecular complexity index is 391. The maximum absolute atomic E-state index is 4.34. The standard InChI is InChI=1S/C16H30N4/c1-5-14(4)11-19-8-6-16(7-9-19)20-12-15(17-18-20)10-13(2)3/h12-14,16H,5-11H2,1-4H3. The lowest BCUT2D eigenvalue weighted by Crippen LogP contribution is -2.37. The average molecular weight is 278 g/mol. The zero-order valence-electron chi connectivity index (χ0n) is 13.5. The number of likely N-dealkylation sites (tertiary alicyclic amines) is 1. The van der Waals surface area contributed by atoms with Crippen LogP contribution < -0.4 is 0 Å². The highest BCUT2D eigenvalue weighted by molar-refractivity contribution is 4.95. The zero-order valence-corrected chi connectivity index (χ0v) is 13.5. The van der Waals surface area contributed by atoms with Crippen LogP contribution in [-0.4, -0.2) is 39.5 Å². The van der Waals surface area contributed by atoms with Gasteiger partial charge in [-0.1, -0.05) is 39.3 Å². The molecule has 1 aliphatic heterocycles. The summed E-state index contributed by atoms with van der Waals surface area (Å²) in [6, 6.07) is 0.552. The first-order valence-corrected chi connectivity index (χ1v) is 8.21. The van der Waals surface area contributed by atoms with Crippen LogP contribution in [0.3, 0.4) is 0 Å². The topological polar surface area (TPSA) is 34.0 Å². The third kappa shape index (κ3) is 4.30. The quantitative estimate of drug-likeness (QED) is 0.801. The average Bonchev–Trinajstić information content (AvgIpc) is 2.87. The van der Waals surface area contributed by atoms with Crippen molar-refractivity contribution in [3.8, 4) is 0 Å². The maximum Gasteiger partial charge on any atom is 0.0829 e. The van der Waals surface area contributed by atoms with Crippen molar-refractivity contribution in [1.82, 2.24) is 19.9 Å². The Morgan fingerprint density at radius 1 is 1.25 bits per heavy atom. The monoisotopic (exact) mass is 278 g/mol. The molecule has 1 aromatic heterocycles. The molecule has 1 atom stereocenters. The van der Waals surface area contributed by atoms with Crippen LogP contribution in [0.1, 0.15) is 58.7 Å². The summed E-state index contributed by atoms with van der Waals surface area (Å²) in [7, 11) is 0. The highest BCUT2D eigenvalue weighted by Gasteiger charge is 2.22. The van der Waals surface area contributed by atoms with Crippen molar-refractivity contribution in [2.45, 2.75) is 59.4 Å². The van der Waals surface area contributed by atoms with Gasteiger partial charge < -0.3 is 4.90 Å². The van der Waals surface area contributed by atoms with E-state index in [1.165, 1.54) is 38.9 Å². The van der Waals surface area contributed by atoms with E-state index >= 15 is 0 Å². The molecule has 20 heavy (non-hydrogen) atoms. The Labute approximate surface area is 123 Å². The summed E-state index contributed by atoms with van der Waals surface area (Å²) < 4.78 is 2.11. The predicted molar refractivity (Wildman–Crippen MR) is 82.7 cm³/mol. The van der Waals surface area contributed by atoms with Crippen molar-refractivity contribution in [3.05, 3.63) is 11.9 Å². The van der Waals surface area contributed by atoms with Gasteiger partial charge in [-0.15, -0.1) is 5.10 Å². The second-order valence-corrected chi connectivity index (χ2v) is 6.83. The van der Waals surface area contributed by atoms with Crippen molar-refractivity contribution < 1.29 is 0 Å². The Hall–Kier alpha value is -0.900. The summed E-state index contributed by atoms with van der Waals surface area (Å²) in [4.78, 5) is 2.61. The third-order valence-electron chi connectivity index (χ3n) is 4.37. The molecule has 1 aromatic rings. The van der Waals surface area contributed by atoms with E-state index in [4.69, 9.17) is 0 Å². The number of nitrogens with zero attached hydrogens (tertiary/aromatic N) is 4. The fourth-order valence-electron chi connectivity index (χ4n) is 2.94. The minimum Gasteiger partial charge on any atom is -0.303 e. The summed E-state index contributed by atoms with van der Waals surface area (Å²) in [6.07, 6.45) is 6.89. The lowest BCUT2D eigenvalue weighted by molar-refractivity contribution is 0.159. The molecule has 0 N–H and O–H groups in total. The van der Waals surface area contributed by atoms with Crippen LogP contribution in [0.15, 0.2) is 6.20 Å². The number of rotatable bonds is 6. The van der Waals surface area contributed by atoms with Crippen LogP contribution >= 0.6 is 0 Å². The maximum atomic E-state index is 4.34. The van der Waals surface area contributed by atoms with E-state index in [0.29, 0.717) is 12.0 Å². The fraction of sp³-hybridized carbons (Fsp3) is 0.875. The summed E-state index contributed by atoms with van der Waals surface area (Å²) in [5.41, 5.74) is 1.14. The normalized spacial score (nSPS) is 19.6. The number of aromatic nitrogens is 3. The van der Waals surface area contributed by atoms with Crippen molar-refractivity contribution >= 4 is 0 Å². The van der Waals surface area contributed by atoms with Gasteiger partial charge in [-0.3, -0.25) is 0 Å². The number of piperidine rings is 1. The number of hydrogen-bond donors (Lipinski definition) is 0. The highest BCUT2D eigenvalue weighted by atomic mass is 15.4. The first kappa shape index (κ1) is 15.5. The summed E-state index contributed by atoms with van der Waals surface area (Å²) in [6.45, 7) is 12.7. The van der Waals surface area contributed by atoms with Crippen molar-refractivity contribution in [2.24, 2.45) is 11.8 Å². The largest absolute Gasteiger partial charge is 0.303 e. The lowest BCUT2D eigenvalue weighted by atomic mass is 10.0. The lowest BCUT2D eigenvalue weighted by Gasteiger charge is -2.33. The minimum absolute atomic E-state index is 0.552. The third-order valence-corrected chi connectivity index (χ3v) is 4.37. The molecule has 0 amide bonds. The zero-order chi connectivity index (χ0) is 14.5. The molecular formula is C16H30N4. The Morgan fingerprint density at radius 2 is 1.95 bits per heavy atom. The molecule has 1 fully saturated rings. The van der Waals surface area contributed by atoms with Gasteiger partial charge in [-0.2, -0.15) is 0 Å². The van der Waals surface area contributed by atoms with E-state index in [-0.39, 0.29) is 0 Å². The van der Waals surface area contributed by atoms with E-state index in [2.05, 4.69) is 53.8 Å². The van der Waals surface area contributed by atoms with Crippen LogP contribution in [0.4, 0.5) is 0 Å². The smallest absolute Gasteiger partial charge is 0.0829 e. The molecule has 1 unspecified atom stereocenters. The van der Waals surface area contributed by atoms with Crippen molar-refractivity contribution in [1.29, 1.82) is 0 Å². The van der Waals surface area contributed by atoms with Crippen LogP contribution in [0.25, 0.3) is 0 Å². The summed E-state index contributed by atoms with van der Waals surface area (Å²) in [5, 5.41) is 8.65. The van der Waals surface area contributed by atoms with Gasteiger partial charge in [-0.25, -0.2) is 4.68 Å². The Kier molecular flexibility index (Phi) is 5.58. The van der Waals surface area contributed by atoms with E-state index in [1.54, 1.807) is 0 Å². The van der Waals surface area contributed by atoms with Gasteiger partial charge in [0.15, 0.2) is 0 Å². The molecule has 1 saturated heterocycles. The second kappa shape index (κ2) is 7.21. The van der Waals surface area contributed by atoms with Gasteiger partial charge in [0, 0.05) is 25.8 Å². The van der Waals surface area contributed by atoms with E-state index < -0.39 is 0 Å². The van der Waals surface area contributed by atoms with Gasteiger partial charge in [0.25, 0.3) is 0 Å². The van der Waals surface area contributed by atoms with Crippen LogP contribution in [0.2, 0.25) is 0 Å². The molecule has 4 heteroatoms.